The first-order valence-corrected chi connectivity index (χ1v) is 28.2. The number of benzene rings is 2. The van der Waals surface area contributed by atoms with Crippen LogP contribution in [0.5, 0.6) is 11.5 Å². The molecule has 0 radical (unpaired) electrons. The lowest BCUT2D eigenvalue weighted by Gasteiger charge is -2.18. The summed E-state index contributed by atoms with van der Waals surface area (Å²) in [5.74, 6) is 1.11. The van der Waals surface area contributed by atoms with E-state index >= 15 is 0 Å². The average molecular weight is 860 g/mol. The molecule has 0 aliphatic rings. The maximum Gasteiger partial charge on any atom is 0.119 e. The Morgan fingerprint density at radius 2 is 0.419 bits per heavy atom. The number of hydrogen-bond donors (Lipinski definition) is 2. The van der Waals surface area contributed by atoms with Crippen LogP contribution >= 0.6 is 0 Å². The second kappa shape index (κ2) is 40.5. The Kier molecular flexibility index (Phi) is 36.7. The van der Waals surface area contributed by atoms with Gasteiger partial charge in [-0.1, -0.05) is 245 Å². The van der Waals surface area contributed by atoms with Crippen molar-refractivity contribution in [1.29, 1.82) is 0 Å². The van der Waals surface area contributed by atoms with Crippen molar-refractivity contribution in [3.63, 3.8) is 0 Å². The third kappa shape index (κ3) is 27.4. The lowest BCUT2D eigenvalue weighted by molar-refractivity contribution is 0.462. The minimum Gasteiger partial charge on any atom is -0.508 e. The lowest BCUT2D eigenvalue weighted by atomic mass is 9.89. The van der Waals surface area contributed by atoms with Gasteiger partial charge in [-0.3, -0.25) is 0 Å². The van der Waals surface area contributed by atoms with Gasteiger partial charge in [-0.25, -0.2) is 0 Å². The molecule has 0 unspecified atom stereocenters. The van der Waals surface area contributed by atoms with Gasteiger partial charge in [0.15, 0.2) is 0 Å². The van der Waals surface area contributed by atoms with Crippen molar-refractivity contribution in [3.8, 4) is 11.5 Å². The van der Waals surface area contributed by atoms with E-state index in [-0.39, 0.29) is 0 Å². The highest BCUT2D eigenvalue weighted by molar-refractivity contribution is 5.46. The summed E-state index contributed by atoms with van der Waals surface area (Å²) in [5.41, 5.74) is 8.65. The van der Waals surface area contributed by atoms with Crippen LogP contribution in [0.4, 0.5) is 0 Å². The van der Waals surface area contributed by atoms with Crippen molar-refractivity contribution < 1.29 is 10.2 Å². The van der Waals surface area contributed by atoms with Crippen LogP contribution in [0.3, 0.4) is 0 Å². The van der Waals surface area contributed by atoms with Gasteiger partial charge >= 0.3 is 0 Å². The van der Waals surface area contributed by atoms with E-state index in [1.165, 1.54) is 277 Å². The SMILES string of the molecule is CCCCCCCCCCc1c(O)ccc(CCCCCCCCc2ccc(O)c(CCCCCCCCCC)c2CCCCCCCCCC)c1CCCCCCCCCC. The summed E-state index contributed by atoms with van der Waals surface area (Å²) in [6.07, 6.45) is 57.5. The Morgan fingerprint density at radius 3 is 0.661 bits per heavy atom. The molecule has 0 heterocycles. The second-order valence-electron chi connectivity index (χ2n) is 19.9. The van der Waals surface area contributed by atoms with Gasteiger partial charge in [0.25, 0.3) is 0 Å². The van der Waals surface area contributed by atoms with E-state index in [0.717, 1.165) is 38.5 Å². The molecule has 0 spiro atoms. The van der Waals surface area contributed by atoms with Crippen molar-refractivity contribution in [2.75, 3.05) is 0 Å². The maximum atomic E-state index is 11.1. The van der Waals surface area contributed by atoms with E-state index in [4.69, 9.17) is 0 Å². The smallest absolute Gasteiger partial charge is 0.119 e. The molecule has 2 N–H and O–H groups in total. The molecule has 0 aromatic heterocycles. The molecule has 0 saturated heterocycles. The Bertz CT molecular complexity index is 1190. The summed E-state index contributed by atoms with van der Waals surface area (Å²) >= 11 is 0. The number of phenolic OH excluding ortho intramolecular Hbond substituents is 2. The summed E-state index contributed by atoms with van der Waals surface area (Å²) in [6, 6.07) is 8.61. The van der Waals surface area contributed by atoms with Crippen LogP contribution in [-0.4, -0.2) is 10.2 Å². The summed E-state index contributed by atoms with van der Waals surface area (Å²) in [4.78, 5) is 0. The number of hydrogen-bond acceptors (Lipinski definition) is 2. The van der Waals surface area contributed by atoms with E-state index < -0.39 is 0 Å². The van der Waals surface area contributed by atoms with Gasteiger partial charge in [-0.15, -0.1) is 0 Å². The molecule has 0 amide bonds. The standard InChI is InChI=1S/C60H106O2/c1-5-9-13-17-21-25-33-39-45-55-53(49-51-59(61)57(55)47-41-35-27-23-19-15-11-7-3)43-37-31-29-30-32-38-44-54-50-52-60(62)58(48-42-36-28-24-20-16-12-8-4)56(54)46-40-34-26-22-18-14-10-6-2/h49-52,61-62H,5-48H2,1-4H3. The highest BCUT2D eigenvalue weighted by Crippen LogP contribution is 2.32. The van der Waals surface area contributed by atoms with Gasteiger partial charge in [-0.05, 0) is 123 Å². The Labute approximate surface area is 388 Å². The number of unbranched alkanes of at least 4 members (excludes halogenated alkanes) is 33. The molecular weight excluding hydrogens is 753 g/mol. The summed E-state index contributed by atoms with van der Waals surface area (Å²) in [5, 5.41) is 22.3. The number of aromatic hydroxyl groups is 2. The molecule has 62 heavy (non-hydrogen) atoms. The number of phenols is 2. The molecule has 0 aliphatic carbocycles. The molecule has 0 fully saturated rings. The van der Waals surface area contributed by atoms with Crippen LogP contribution in [0, 0.1) is 0 Å². The number of rotatable bonds is 45. The average Bonchev–Trinajstić information content (AvgIpc) is 3.27. The monoisotopic (exact) mass is 859 g/mol. The normalized spacial score (nSPS) is 11.6. The zero-order chi connectivity index (χ0) is 44.6. The highest BCUT2D eigenvalue weighted by atomic mass is 16.3. The van der Waals surface area contributed by atoms with Gasteiger partial charge in [0.05, 0.1) is 0 Å². The van der Waals surface area contributed by atoms with E-state index in [1.54, 1.807) is 0 Å². The first-order chi connectivity index (χ1) is 30.6. The molecule has 358 valence electrons. The van der Waals surface area contributed by atoms with Gasteiger partial charge in [0.2, 0.25) is 0 Å². The van der Waals surface area contributed by atoms with Crippen molar-refractivity contribution >= 4 is 0 Å². The van der Waals surface area contributed by atoms with E-state index in [2.05, 4.69) is 39.8 Å². The van der Waals surface area contributed by atoms with Crippen LogP contribution in [0.2, 0.25) is 0 Å². The first-order valence-electron chi connectivity index (χ1n) is 28.2. The first kappa shape index (κ1) is 56.2. The van der Waals surface area contributed by atoms with Crippen molar-refractivity contribution in [2.45, 2.75) is 310 Å². The molecule has 2 aromatic carbocycles. The fourth-order valence-electron chi connectivity index (χ4n) is 10.2. The van der Waals surface area contributed by atoms with Crippen LogP contribution in [-0.2, 0) is 38.5 Å². The Hall–Kier alpha value is -1.96. The predicted molar refractivity (Wildman–Crippen MR) is 277 cm³/mol. The summed E-state index contributed by atoms with van der Waals surface area (Å²) in [6.45, 7) is 9.21. The summed E-state index contributed by atoms with van der Waals surface area (Å²) < 4.78 is 0. The number of aryl methyl sites for hydroxylation is 2. The molecule has 0 aliphatic heterocycles. The largest absolute Gasteiger partial charge is 0.508 e. The topological polar surface area (TPSA) is 40.5 Å². The van der Waals surface area contributed by atoms with E-state index in [0.29, 0.717) is 11.5 Å². The Morgan fingerprint density at radius 1 is 0.226 bits per heavy atom. The van der Waals surface area contributed by atoms with Crippen LogP contribution in [0.1, 0.15) is 305 Å². The predicted octanol–water partition coefficient (Wildman–Crippen LogP) is 20.0. The molecule has 0 bridgehead atoms. The van der Waals surface area contributed by atoms with E-state index in [9.17, 15) is 10.2 Å². The van der Waals surface area contributed by atoms with Crippen LogP contribution < -0.4 is 0 Å². The molecule has 0 atom stereocenters. The fourth-order valence-corrected chi connectivity index (χ4v) is 10.2. The van der Waals surface area contributed by atoms with Gasteiger partial charge in [0, 0.05) is 0 Å². The molecule has 2 aromatic rings. The highest BCUT2D eigenvalue weighted by Gasteiger charge is 2.15. The Balaban J connectivity index is 1.90. The minimum atomic E-state index is 0.557. The lowest BCUT2D eigenvalue weighted by Crippen LogP contribution is -2.03. The van der Waals surface area contributed by atoms with Crippen LogP contribution in [0.25, 0.3) is 0 Å². The van der Waals surface area contributed by atoms with Crippen molar-refractivity contribution in [3.05, 3.63) is 57.6 Å². The molecular formula is C60H106O2. The molecule has 0 saturated carbocycles. The third-order valence-electron chi connectivity index (χ3n) is 14.3. The molecule has 2 heteroatoms. The van der Waals surface area contributed by atoms with E-state index in [1.807, 2.05) is 12.1 Å². The van der Waals surface area contributed by atoms with Crippen molar-refractivity contribution in [2.24, 2.45) is 0 Å². The molecule has 2 nitrogen and oxygen atoms in total. The van der Waals surface area contributed by atoms with Crippen LogP contribution in [0.15, 0.2) is 24.3 Å². The third-order valence-corrected chi connectivity index (χ3v) is 14.3. The van der Waals surface area contributed by atoms with Gasteiger partial charge in [0.1, 0.15) is 11.5 Å². The molecule has 2 rings (SSSR count). The zero-order valence-corrected chi connectivity index (χ0v) is 42.3. The quantitative estimate of drug-likeness (QED) is 0.0652. The minimum absolute atomic E-state index is 0.557. The zero-order valence-electron chi connectivity index (χ0n) is 42.3. The van der Waals surface area contributed by atoms with Gasteiger partial charge in [-0.2, -0.15) is 0 Å². The maximum absolute atomic E-state index is 11.1. The van der Waals surface area contributed by atoms with Crippen molar-refractivity contribution in [1.82, 2.24) is 0 Å². The second-order valence-corrected chi connectivity index (χ2v) is 19.9. The fraction of sp³-hybridized carbons (Fsp3) is 0.800. The summed E-state index contributed by atoms with van der Waals surface area (Å²) in [7, 11) is 0. The van der Waals surface area contributed by atoms with Gasteiger partial charge < -0.3 is 10.2 Å².